The van der Waals surface area contributed by atoms with E-state index in [-0.39, 0.29) is 24.6 Å². The maximum atomic E-state index is 12.4. The summed E-state index contributed by atoms with van der Waals surface area (Å²) in [6.45, 7) is 0.400. The molecule has 1 aliphatic rings. The van der Waals surface area contributed by atoms with Crippen LogP contribution in [0.1, 0.15) is 31.4 Å². The predicted molar refractivity (Wildman–Crippen MR) is 101 cm³/mol. The van der Waals surface area contributed by atoms with Gasteiger partial charge in [0.1, 0.15) is 6.54 Å². The van der Waals surface area contributed by atoms with Crippen LogP contribution in [0.4, 0.5) is 0 Å². The van der Waals surface area contributed by atoms with E-state index in [1.807, 2.05) is 18.2 Å². The lowest BCUT2D eigenvalue weighted by molar-refractivity contribution is -0.118. The van der Waals surface area contributed by atoms with Crippen molar-refractivity contribution in [2.45, 2.75) is 44.0 Å². The zero-order chi connectivity index (χ0) is 17.6. The van der Waals surface area contributed by atoms with Crippen LogP contribution in [0.5, 0.6) is 0 Å². The molecule has 1 aromatic heterocycles. The molecule has 3 rings (SSSR count). The van der Waals surface area contributed by atoms with Crippen LogP contribution in [0.15, 0.2) is 29.1 Å². The molecule has 1 fully saturated rings. The molecule has 6 heteroatoms. The summed E-state index contributed by atoms with van der Waals surface area (Å²) in [4.78, 5) is 24.5. The number of aromatic nitrogens is 2. The molecule has 0 unspecified atom stereocenters. The summed E-state index contributed by atoms with van der Waals surface area (Å²) in [6, 6.07) is 7.27. The van der Waals surface area contributed by atoms with Crippen LogP contribution in [-0.2, 0) is 17.9 Å². The molecule has 0 radical (unpaired) electrons. The fourth-order valence-electron chi connectivity index (χ4n) is 3.11. The molecule has 25 heavy (non-hydrogen) atoms. The van der Waals surface area contributed by atoms with Crippen molar-refractivity contribution in [2.24, 2.45) is 0 Å². The van der Waals surface area contributed by atoms with E-state index in [4.69, 9.17) is 6.42 Å². The maximum Gasteiger partial charge on any atom is 0.275 e. The highest BCUT2D eigenvalue weighted by Gasteiger charge is 2.17. The average Bonchev–Trinajstić information content (AvgIpc) is 3.15. The van der Waals surface area contributed by atoms with Gasteiger partial charge in [-0.3, -0.25) is 9.59 Å². The molecular formula is C19H21N3O2S. The summed E-state index contributed by atoms with van der Waals surface area (Å²) < 4.78 is 1.27. The number of hydrogen-bond donors (Lipinski definition) is 1. The zero-order valence-electron chi connectivity index (χ0n) is 14.0. The average molecular weight is 355 g/mol. The first-order valence-electron chi connectivity index (χ1n) is 8.49. The molecule has 1 aromatic carbocycles. The Hall–Kier alpha value is -2.26. The van der Waals surface area contributed by atoms with Crippen LogP contribution in [-0.4, -0.2) is 26.7 Å². The lowest BCUT2D eigenvalue weighted by Crippen LogP contribution is -2.29. The number of terminal acetylenes is 1. The summed E-state index contributed by atoms with van der Waals surface area (Å²) in [7, 11) is 0. The molecule has 0 spiro atoms. The van der Waals surface area contributed by atoms with E-state index >= 15 is 0 Å². The van der Waals surface area contributed by atoms with Crippen LogP contribution in [0, 0.1) is 12.3 Å². The molecule has 1 saturated carbocycles. The number of amides is 1. The molecule has 5 nitrogen and oxygen atoms in total. The third kappa shape index (κ3) is 4.23. The van der Waals surface area contributed by atoms with E-state index in [1.165, 1.54) is 30.4 Å². The minimum absolute atomic E-state index is 0.00233. The Morgan fingerprint density at radius 1 is 1.32 bits per heavy atom. The predicted octanol–water partition coefficient (Wildman–Crippen LogP) is 2.32. The summed E-state index contributed by atoms with van der Waals surface area (Å²) in [5.74, 6) is 2.91. The molecule has 1 amide bonds. The summed E-state index contributed by atoms with van der Waals surface area (Å²) in [5, 5.41) is 9.19. The molecule has 0 bridgehead atoms. The van der Waals surface area contributed by atoms with E-state index in [9.17, 15) is 9.59 Å². The Morgan fingerprint density at radius 3 is 2.76 bits per heavy atom. The van der Waals surface area contributed by atoms with Crippen molar-refractivity contribution in [2.75, 3.05) is 5.75 Å². The lowest BCUT2D eigenvalue weighted by atomic mass is 10.1. The van der Waals surface area contributed by atoms with E-state index in [0.717, 1.165) is 5.39 Å². The largest absolute Gasteiger partial charge is 0.350 e. The number of benzene rings is 1. The molecule has 0 saturated heterocycles. The molecule has 130 valence electrons. The van der Waals surface area contributed by atoms with Gasteiger partial charge in [-0.05, 0) is 18.9 Å². The Balaban J connectivity index is 1.72. The van der Waals surface area contributed by atoms with E-state index in [2.05, 4.69) is 16.3 Å². The Kier molecular flexibility index (Phi) is 5.77. The van der Waals surface area contributed by atoms with Crippen molar-refractivity contribution in [3.8, 4) is 12.3 Å². The Labute approximate surface area is 151 Å². The second kappa shape index (κ2) is 8.21. The number of nitrogens with one attached hydrogen (secondary N) is 1. The highest BCUT2D eigenvalue weighted by Crippen LogP contribution is 2.29. The fourth-order valence-corrected chi connectivity index (χ4v) is 4.27. The van der Waals surface area contributed by atoms with Gasteiger partial charge in [-0.25, -0.2) is 4.68 Å². The van der Waals surface area contributed by atoms with Gasteiger partial charge in [0, 0.05) is 10.6 Å². The van der Waals surface area contributed by atoms with Gasteiger partial charge in [-0.15, -0.1) is 18.2 Å². The van der Waals surface area contributed by atoms with E-state index in [0.29, 0.717) is 22.1 Å². The minimum atomic E-state index is -0.208. The van der Waals surface area contributed by atoms with Crippen LogP contribution < -0.4 is 10.9 Å². The number of carbonyl (C=O) groups is 1. The highest BCUT2D eigenvalue weighted by atomic mass is 32.2. The van der Waals surface area contributed by atoms with Crippen molar-refractivity contribution in [1.29, 1.82) is 0 Å². The zero-order valence-corrected chi connectivity index (χ0v) is 14.8. The molecule has 1 heterocycles. The first kappa shape index (κ1) is 17.6. The number of thioether (sulfide) groups is 1. The van der Waals surface area contributed by atoms with Gasteiger partial charge in [0.15, 0.2) is 0 Å². The molecule has 2 aromatic rings. The second-order valence-electron chi connectivity index (χ2n) is 6.15. The van der Waals surface area contributed by atoms with Gasteiger partial charge in [0.05, 0.1) is 23.4 Å². The molecule has 1 N–H and O–H groups in total. The third-order valence-electron chi connectivity index (χ3n) is 4.39. The smallest absolute Gasteiger partial charge is 0.275 e. The summed E-state index contributed by atoms with van der Waals surface area (Å²) >= 11 is 1.73. The summed E-state index contributed by atoms with van der Waals surface area (Å²) in [5.41, 5.74) is 0.449. The van der Waals surface area contributed by atoms with Gasteiger partial charge in [0.25, 0.3) is 5.56 Å². The second-order valence-corrected chi connectivity index (χ2v) is 7.44. The first-order valence-corrected chi connectivity index (χ1v) is 9.54. The number of nitrogens with zero attached hydrogens (tertiary/aromatic N) is 2. The first-order chi connectivity index (χ1) is 12.2. The SMILES string of the molecule is C#CCn1nc(CNC(=O)CSC2CCCC2)c2ccccc2c1=O. The van der Waals surface area contributed by atoms with Gasteiger partial charge >= 0.3 is 0 Å². The van der Waals surface area contributed by atoms with Gasteiger partial charge in [-0.1, -0.05) is 37.0 Å². The number of rotatable bonds is 6. The fraction of sp³-hybridized carbons (Fsp3) is 0.421. The van der Waals surface area contributed by atoms with Crippen LogP contribution >= 0.6 is 11.8 Å². The lowest BCUT2D eigenvalue weighted by Gasteiger charge is -2.11. The van der Waals surface area contributed by atoms with Gasteiger partial charge in [0.2, 0.25) is 5.91 Å². The van der Waals surface area contributed by atoms with Crippen LogP contribution in [0.25, 0.3) is 10.8 Å². The van der Waals surface area contributed by atoms with E-state index < -0.39 is 0 Å². The van der Waals surface area contributed by atoms with Crippen molar-refractivity contribution >= 4 is 28.4 Å². The van der Waals surface area contributed by atoms with Crippen molar-refractivity contribution in [1.82, 2.24) is 15.1 Å². The monoisotopic (exact) mass is 355 g/mol. The van der Waals surface area contributed by atoms with Crippen molar-refractivity contribution in [3.05, 3.63) is 40.3 Å². The maximum absolute atomic E-state index is 12.4. The molecular weight excluding hydrogens is 334 g/mol. The summed E-state index contributed by atoms with van der Waals surface area (Å²) in [6.07, 6.45) is 10.3. The minimum Gasteiger partial charge on any atom is -0.350 e. The highest BCUT2D eigenvalue weighted by molar-refractivity contribution is 8.00. The third-order valence-corrected chi connectivity index (χ3v) is 5.76. The van der Waals surface area contributed by atoms with Gasteiger partial charge < -0.3 is 5.32 Å². The normalized spacial score (nSPS) is 14.5. The van der Waals surface area contributed by atoms with Crippen LogP contribution in [0.2, 0.25) is 0 Å². The van der Waals surface area contributed by atoms with Gasteiger partial charge in [-0.2, -0.15) is 5.10 Å². The quantitative estimate of drug-likeness (QED) is 0.808. The van der Waals surface area contributed by atoms with Crippen LogP contribution in [0.3, 0.4) is 0 Å². The topological polar surface area (TPSA) is 64.0 Å². The number of fused-ring (bicyclic) bond motifs is 1. The van der Waals surface area contributed by atoms with E-state index in [1.54, 1.807) is 17.8 Å². The van der Waals surface area contributed by atoms with Crippen molar-refractivity contribution in [3.63, 3.8) is 0 Å². The molecule has 0 aliphatic heterocycles. The Bertz CT molecular complexity index is 863. The molecule has 0 atom stereocenters. The number of hydrogen-bond acceptors (Lipinski definition) is 4. The Morgan fingerprint density at radius 2 is 2.04 bits per heavy atom. The standard InChI is InChI=1S/C19H21N3O2S/c1-2-11-22-19(24)16-10-6-5-9-15(16)17(21-22)12-20-18(23)13-25-14-7-3-4-8-14/h1,5-6,9-10,14H,3-4,7-8,11-13H2,(H,20,23). The molecule has 1 aliphatic carbocycles. The number of carbonyl (C=O) groups excluding carboxylic acids is 1. The van der Waals surface area contributed by atoms with Crippen molar-refractivity contribution < 1.29 is 4.79 Å².